The zero-order valence-electron chi connectivity index (χ0n) is 15.8. The lowest BCUT2D eigenvalue weighted by Crippen LogP contribution is -2.50. The first kappa shape index (κ1) is 19.8. The van der Waals surface area contributed by atoms with Gasteiger partial charge in [0.15, 0.2) is 5.96 Å². The van der Waals surface area contributed by atoms with Crippen LogP contribution in [0.3, 0.4) is 0 Å². The molecule has 0 bridgehead atoms. The van der Waals surface area contributed by atoms with Gasteiger partial charge >= 0.3 is 6.09 Å². The van der Waals surface area contributed by atoms with E-state index in [2.05, 4.69) is 27.4 Å². The van der Waals surface area contributed by atoms with Crippen LogP contribution in [0.1, 0.15) is 19.8 Å². The average molecular weight is 355 g/mol. The summed E-state index contributed by atoms with van der Waals surface area (Å²) in [6, 6.07) is 0.335. The number of morpholine rings is 1. The van der Waals surface area contributed by atoms with Gasteiger partial charge in [-0.2, -0.15) is 0 Å². The summed E-state index contributed by atoms with van der Waals surface area (Å²) in [4.78, 5) is 20.1. The SMILES string of the molecule is CN=C(NCC(C)CN1CCOCC1)NC1CCN(C(=O)OC)CC1. The number of amides is 1. The first-order valence-electron chi connectivity index (χ1n) is 9.22. The third-order valence-corrected chi connectivity index (χ3v) is 4.78. The quantitative estimate of drug-likeness (QED) is 0.547. The van der Waals surface area contributed by atoms with Crippen LogP contribution in [0.5, 0.6) is 0 Å². The van der Waals surface area contributed by atoms with Crippen LogP contribution in [0.25, 0.3) is 0 Å². The van der Waals surface area contributed by atoms with Crippen LogP contribution in [-0.4, -0.2) is 94.5 Å². The summed E-state index contributed by atoms with van der Waals surface area (Å²) in [5, 5.41) is 6.90. The zero-order valence-corrected chi connectivity index (χ0v) is 15.8. The Labute approximate surface area is 150 Å². The van der Waals surface area contributed by atoms with Crippen molar-refractivity contribution in [2.45, 2.75) is 25.8 Å². The molecule has 1 amide bonds. The van der Waals surface area contributed by atoms with Gasteiger partial charge in [-0.15, -0.1) is 0 Å². The summed E-state index contributed by atoms with van der Waals surface area (Å²) in [5.41, 5.74) is 0. The summed E-state index contributed by atoms with van der Waals surface area (Å²) < 4.78 is 10.2. The fraction of sp³-hybridized carbons (Fsp3) is 0.882. The van der Waals surface area contributed by atoms with Crippen molar-refractivity contribution in [2.75, 3.05) is 66.6 Å². The molecule has 0 aromatic rings. The topological polar surface area (TPSA) is 78.4 Å². The van der Waals surface area contributed by atoms with Gasteiger partial charge in [0.2, 0.25) is 0 Å². The van der Waals surface area contributed by atoms with E-state index in [1.807, 2.05) is 0 Å². The Kier molecular flexibility index (Phi) is 8.27. The molecule has 2 rings (SSSR count). The molecule has 2 aliphatic heterocycles. The van der Waals surface area contributed by atoms with E-state index in [1.165, 1.54) is 7.11 Å². The van der Waals surface area contributed by atoms with Crippen molar-refractivity contribution >= 4 is 12.1 Å². The first-order valence-corrected chi connectivity index (χ1v) is 9.22. The van der Waals surface area contributed by atoms with Crippen LogP contribution in [-0.2, 0) is 9.47 Å². The highest BCUT2D eigenvalue weighted by Crippen LogP contribution is 2.11. The fourth-order valence-electron chi connectivity index (χ4n) is 3.28. The number of ether oxygens (including phenoxy) is 2. The molecule has 8 nitrogen and oxygen atoms in total. The molecule has 0 aliphatic carbocycles. The number of nitrogens with zero attached hydrogens (tertiary/aromatic N) is 3. The Morgan fingerprint density at radius 2 is 1.96 bits per heavy atom. The predicted octanol–water partition coefficient (Wildman–Crippen LogP) is 0.351. The Bertz CT molecular complexity index is 432. The molecule has 0 aromatic heterocycles. The molecule has 25 heavy (non-hydrogen) atoms. The molecular weight excluding hydrogens is 322 g/mol. The molecule has 0 saturated carbocycles. The third-order valence-electron chi connectivity index (χ3n) is 4.78. The van der Waals surface area contributed by atoms with E-state index in [-0.39, 0.29) is 6.09 Å². The van der Waals surface area contributed by atoms with Crippen molar-refractivity contribution in [1.29, 1.82) is 0 Å². The van der Waals surface area contributed by atoms with E-state index in [9.17, 15) is 4.79 Å². The van der Waals surface area contributed by atoms with Crippen LogP contribution < -0.4 is 10.6 Å². The molecular formula is C17H33N5O3. The van der Waals surface area contributed by atoms with Gasteiger partial charge in [0.25, 0.3) is 0 Å². The number of nitrogens with one attached hydrogen (secondary N) is 2. The van der Waals surface area contributed by atoms with Gasteiger partial charge in [0.1, 0.15) is 0 Å². The summed E-state index contributed by atoms with van der Waals surface area (Å²) in [6.07, 6.45) is 1.57. The summed E-state index contributed by atoms with van der Waals surface area (Å²) in [7, 11) is 3.22. The van der Waals surface area contributed by atoms with Crippen molar-refractivity contribution in [3.05, 3.63) is 0 Å². The van der Waals surface area contributed by atoms with Crippen molar-refractivity contribution in [3.8, 4) is 0 Å². The molecule has 0 radical (unpaired) electrons. The van der Waals surface area contributed by atoms with Gasteiger partial charge in [0, 0.05) is 52.4 Å². The number of rotatable bonds is 5. The molecule has 144 valence electrons. The van der Waals surface area contributed by atoms with Gasteiger partial charge < -0.3 is 25.0 Å². The molecule has 0 spiro atoms. The number of hydrogen-bond acceptors (Lipinski definition) is 5. The van der Waals surface area contributed by atoms with Crippen LogP contribution >= 0.6 is 0 Å². The second kappa shape index (κ2) is 10.5. The number of methoxy groups -OCH3 is 1. The Morgan fingerprint density at radius 1 is 1.28 bits per heavy atom. The Hall–Kier alpha value is -1.54. The number of carbonyl (C=O) groups excluding carboxylic acids is 1. The maximum absolute atomic E-state index is 11.5. The van der Waals surface area contributed by atoms with Crippen molar-refractivity contribution in [3.63, 3.8) is 0 Å². The first-order chi connectivity index (χ1) is 12.1. The van der Waals surface area contributed by atoms with Gasteiger partial charge in [-0.25, -0.2) is 4.79 Å². The van der Waals surface area contributed by atoms with E-state index in [0.717, 1.165) is 71.3 Å². The Balaban J connectivity index is 1.66. The van der Waals surface area contributed by atoms with Crippen LogP contribution in [0.15, 0.2) is 4.99 Å². The number of likely N-dealkylation sites (tertiary alicyclic amines) is 1. The summed E-state index contributed by atoms with van der Waals surface area (Å²) in [5.74, 6) is 1.38. The highest BCUT2D eigenvalue weighted by Gasteiger charge is 2.23. The van der Waals surface area contributed by atoms with E-state index in [4.69, 9.17) is 9.47 Å². The number of guanidine groups is 1. The van der Waals surface area contributed by atoms with Crippen LogP contribution in [0.4, 0.5) is 4.79 Å². The number of aliphatic imine (C=N–C) groups is 1. The minimum Gasteiger partial charge on any atom is -0.453 e. The standard InChI is InChI=1S/C17H33N5O3/c1-14(13-21-8-10-25-11-9-21)12-19-16(18-2)20-15-4-6-22(7-5-15)17(23)24-3/h14-15H,4-13H2,1-3H3,(H2,18,19,20). The number of carbonyl (C=O) groups is 1. The monoisotopic (exact) mass is 355 g/mol. The Morgan fingerprint density at radius 3 is 2.56 bits per heavy atom. The van der Waals surface area contributed by atoms with E-state index in [1.54, 1.807) is 11.9 Å². The molecule has 1 unspecified atom stereocenters. The molecule has 0 aromatic carbocycles. The summed E-state index contributed by atoms with van der Waals surface area (Å²) in [6.45, 7) is 9.38. The van der Waals surface area contributed by atoms with Crippen molar-refractivity contribution in [1.82, 2.24) is 20.4 Å². The minimum atomic E-state index is -0.238. The highest BCUT2D eigenvalue weighted by atomic mass is 16.5. The normalized spacial score (nSPS) is 21.7. The maximum Gasteiger partial charge on any atom is 0.409 e. The fourth-order valence-corrected chi connectivity index (χ4v) is 3.28. The van der Waals surface area contributed by atoms with E-state index >= 15 is 0 Å². The molecule has 2 aliphatic rings. The summed E-state index contributed by atoms with van der Waals surface area (Å²) >= 11 is 0. The second-order valence-corrected chi connectivity index (χ2v) is 6.85. The van der Waals surface area contributed by atoms with Crippen molar-refractivity contribution in [2.24, 2.45) is 10.9 Å². The van der Waals surface area contributed by atoms with Gasteiger partial charge in [-0.05, 0) is 18.8 Å². The van der Waals surface area contributed by atoms with Crippen molar-refractivity contribution < 1.29 is 14.3 Å². The largest absolute Gasteiger partial charge is 0.453 e. The smallest absolute Gasteiger partial charge is 0.409 e. The molecule has 2 heterocycles. The lowest BCUT2D eigenvalue weighted by atomic mass is 10.1. The minimum absolute atomic E-state index is 0.238. The molecule has 1 atom stereocenters. The lowest BCUT2D eigenvalue weighted by Gasteiger charge is -2.32. The second-order valence-electron chi connectivity index (χ2n) is 6.85. The zero-order chi connectivity index (χ0) is 18.1. The number of hydrogen-bond donors (Lipinski definition) is 2. The number of piperidine rings is 1. The van der Waals surface area contributed by atoms with E-state index in [0.29, 0.717) is 12.0 Å². The van der Waals surface area contributed by atoms with E-state index < -0.39 is 0 Å². The lowest BCUT2D eigenvalue weighted by molar-refractivity contribution is 0.0320. The van der Waals surface area contributed by atoms with Gasteiger partial charge in [-0.1, -0.05) is 6.92 Å². The van der Waals surface area contributed by atoms with Crippen LogP contribution in [0, 0.1) is 5.92 Å². The molecule has 8 heteroatoms. The molecule has 2 N–H and O–H groups in total. The van der Waals surface area contributed by atoms with Gasteiger partial charge in [-0.3, -0.25) is 9.89 Å². The highest BCUT2D eigenvalue weighted by molar-refractivity contribution is 5.80. The maximum atomic E-state index is 11.5. The third kappa shape index (κ3) is 6.70. The average Bonchev–Trinajstić information content (AvgIpc) is 2.65. The predicted molar refractivity (Wildman–Crippen MR) is 97.9 cm³/mol. The molecule has 2 fully saturated rings. The van der Waals surface area contributed by atoms with Crippen LogP contribution in [0.2, 0.25) is 0 Å². The molecule has 2 saturated heterocycles. The van der Waals surface area contributed by atoms with Gasteiger partial charge in [0.05, 0.1) is 20.3 Å².